The summed E-state index contributed by atoms with van der Waals surface area (Å²) in [4.78, 5) is 21.4. The monoisotopic (exact) mass is 585 g/mol. The molecule has 0 saturated carbocycles. The van der Waals surface area contributed by atoms with Gasteiger partial charge in [0, 0.05) is 38.8 Å². The first-order chi connectivity index (χ1) is 19.6. The molecule has 0 bridgehead atoms. The molecule has 0 radical (unpaired) electrons. The summed E-state index contributed by atoms with van der Waals surface area (Å²) in [5, 5.41) is 9.77. The van der Waals surface area contributed by atoms with Crippen LogP contribution in [0, 0.1) is 5.92 Å². The number of ether oxygens (including phenoxy) is 3. The highest BCUT2D eigenvalue weighted by Crippen LogP contribution is 2.36. The van der Waals surface area contributed by atoms with Crippen molar-refractivity contribution in [3.63, 3.8) is 0 Å². The number of aryl methyl sites for hydroxylation is 1. The second-order valence-corrected chi connectivity index (χ2v) is 12.3. The van der Waals surface area contributed by atoms with Crippen LogP contribution in [0.1, 0.15) is 29.8 Å². The lowest BCUT2D eigenvalue weighted by Gasteiger charge is -2.38. The van der Waals surface area contributed by atoms with Crippen LogP contribution in [0.25, 0.3) is 0 Å². The fourth-order valence-electron chi connectivity index (χ4n) is 4.99. The number of rotatable bonds is 9. The van der Waals surface area contributed by atoms with Gasteiger partial charge in [-0.1, -0.05) is 19.1 Å². The first-order valence-corrected chi connectivity index (χ1v) is 14.8. The number of likely N-dealkylation sites (N-methyl/N-ethyl adjacent to an activating group) is 1. The largest absolute Gasteiger partial charge is 0.486 e. The zero-order valence-corrected chi connectivity index (χ0v) is 24.3. The fourth-order valence-corrected chi connectivity index (χ4v) is 6.03. The average Bonchev–Trinajstić information content (AvgIpc) is 3.59. The summed E-state index contributed by atoms with van der Waals surface area (Å²) in [6, 6.07) is 10.1. The number of carbonyl (C=O) groups excluding carboxylic acids is 1. The number of aromatic nitrogens is 2. The van der Waals surface area contributed by atoms with E-state index in [1.807, 2.05) is 32.2 Å². The van der Waals surface area contributed by atoms with E-state index in [1.54, 1.807) is 37.1 Å². The maximum Gasteiger partial charge on any atom is 0.281 e. The summed E-state index contributed by atoms with van der Waals surface area (Å²) in [5.41, 5.74) is 1.38. The molecule has 5 rings (SSSR count). The molecule has 0 unspecified atom stereocenters. The van der Waals surface area contributed by atoms with E-state index in [-0.39, 0.29) is 47.3 Å². The Morgan fingerprint density at radius 3 is 2.73 bits per heavy atom. The molecule has 0 aliphatic carbocycles. The van der Waals surface area contributed by atoms with Crippen molar-refractivity contribution in [3.8, 4) is 17.2 Å². The molecule has 12 nitrogen and oxygen atoms in total. The molecule has 2 aliphatic heterocycles. The Hall–Kier alpha value is -3.81. The van der Waals surface area contributed by atoms with Gasteiger partial charge >= 0.3 is 0 Å². The highest BCUT2D eigenvalue weighted by molar-refractivity contribution is 7.92. The smallest absolute Gasteiger partial charge is 0.281 e. The van der Waals surface area contributed by atoms with Crippen LogP contribution in [0.15, 0.2) is 53.9 Å². The molecular weight excluding hydrogens is 550 g/mol. The first-order valence-electron chi connectivity index (χ1n) is 13.3. The zero-order valence-electron chi connectivity index (χ0n) is 23.5. The minimum atomic E-state index is -4.06. The molecule has 220 valence electrons. The van der Waals surface area contributed by atoms with E-state index in [9.17, 15) is 18.3 Å². The molecule has 2 aliphatic rings. The lowest BCUT2D eigenvalue weighted by molar-refractivity contribution is 0.0344. The number of aliphatic hydroxyl groups excluding tert-OH is 1. The van der Waals surface area contributed by atoms with E-state index < -0.39 is 22.2 Å². The highest BCUT2D eigenvalue weighted by Gasteiger charge is 2.35. The normalized spacial score (nSPS) is 19.4. The lowest BCUT2D eigenvalue weighted by Crippen LogP contribution is -2.49. The maximum absolute atomic E-state index is 13.7. The third-order valence-corrected chi connectivity index (χ3v) is 8.52. The van der Waals surface area contributed by atoms with E-state index in [1.165, 1.54) is 17.1 Å². The molecule has 3 aromatic rings. The highest BCUT2D eigenvalue weighted by atomic mass is 32.2. The van der Waals surface area contributed by atoms with Crippen molar-refractivity contribution in [3.05, 3.63) is 60.0 Å². The number of amides is 1. The van der Waals surface area contributed by atoms with Gasteiger partial charge in [0.1, 0.15) is 6.10 Å². The van der Waals surface area contributed by atoms with Gasteiger partial charge < -0.3 is 28.8 Å². The number of sulfonamides is 1. The second-order valence-electron chi connectivity index (χ2n) is 10.7. The van der Waals surface area contributed by atoms with E-state index in [2.05, 4.69) is 14.6 Å². The van der Waals surface area contributed by atoms with Crippen molar-refractivity contribution in [2.45, 2.75) is 37.6 Å². The Bertz CT molecular complexity index is 1530. The van der Waals surface area contributed by atoms with Crippen LogP contribution in [-0.2, 0) is 23.6 Å². The number of imidazole rings is 1. The van der Waals surface area contributed by atoms with Gasteiger partial charge in [-0.2, -0.15) is 8.42 Å². The summed E-state index contributed by atoms with van der Waals surface area (Å²) in [6.07, 6.45) is 2.36. The van der Waals surface area contributed by atoms with Crippen molar-refractivity contribution in [1.82, 2.24) is 19.4 Å². The van der Waals surface area contributed by atoms with Crippen LogP contribution in [0.4, 0.5) is 5.69 Å². The van der Waals surface area contributed by atoms with Gasteiger partial charge in [-0.3, -0.25) is 14.4 Å². The summed E-state index contributed by atoms with van der Waals surface area (Å²) in [5.74, 6) is 1.06. The predicted molar refractivity (Wildman–Crippen MR) is 151 cm³/mol. The van der Waals surface area contributed by atoms with Gasteiger partial charge in [-0.25, -0.2) is 4.98 Å². The minimum Gasteiger partial charge on any atom is -0.486 e. The van der Waals surface area contributed by atoms with E-state index in [4.69, 9.17) is 14.2 Å². The number of aliphatic hydroxyl groups is 1. The molecule has 2 N–H and O–H groups in total. The number of nitrogens with one attached hydrogen (secondary N) is 1. The molecule has 1 aromatic heterocycles. The van der Waals surface area contributed by atoms with Crippen molar-refractivity contribution in [1.29, 1.82) is 0 Å². The van der Waals surface area contributed by atoms with Crippen molar-refractivity contribution < 1.29 is 32.5 Å². The molecule has 41 heavy (non-hydrogen) atoms. The number of nitrogens with zero attached hydrogens (tertiary/aromatic N) is 4. The SMILES string of the molecule is C[C@@H]1CN([C@@H](C)CO)C(=O)c2cccc(NS(=O)(=O)c3cn(C)cn3)c2O[C@@H]1CN(C)Cc1ccc2c(c1)OCO2. The Morgan fingerprint density at radius 2 is 2.00 bits per heavy atom. The third-order valence-electron chi connectivity index (χ3n) is 7.27. The molecule has 1 amide bonds. The standard InChI is InChI=1S/C28H35N5O7S/c1-18-11-33(19(2)15-34)28(35)21-6-5-7-22(30-41(36,37)26-14-32(4)16-29-26)27(21)40-25(18)13-31(3)12-20-8-9-23-24(10-20)39-17-38-23/h5-10,14,16,18-19,25,30,34H,11-13,15,17H2,1-4H3/t18-,19+,25-/m1/s1. The summed E-state index contributed by atoms with van der Waals surface area (Å²) >= 11 is 0. The molecule has 3 atom stereocenters. The van der Waals surface area contributed by atoms with Crippen LogP contribution < -0.4 is 18.9 Å². The van der Waals surface area contributed by atoms with Crippen LogP contribution in [0.2, 0.25) is 0 Å². The molecule has 0 spiro atoms. The number of benzene rings is 2. The van der Waals surface area contributed by atoms with Gasteiger partial charge in [-0.05, 0) is 43.8 Å². The first kappa shape index (κ1) is 28.7. The molecule has 13 heteroatoms. The Morgan fingerprint density at radius 1 is 1.22 bits per heavy atom. The van der Waals surface area contributed by atoms with Crippen molar-refractivity contribution in [2.24, 2.45) is 13.0 Å². The number of carbonyl (C=O) groups is 1. The van der Waals surface area contributed by atoms with Gasteiger partial charge in [0.05, 0.1) is 30.2 Å². The lowest BCUT2D eigenvalue weighted by atomic mass is 9.99. The van der Waals surface area contributed by atoms with Crippen molar-refractivity contribution >= 4 is 21.6 Å². The summed E-state index contributed by atoms with van der Waals surface area (Å²) in [7, 11) is -0.415. The average molecular weight is 586 g/mol. The molecule has 2 aromatic carbocycles. The Labute approximate surface area is 239 Å². The number of para-hydroxylation sites is 1. The predicted octanol–water partition coefficient (Wildman–Crippen LogP) is 2.30. The topological polar surface area (TPSA) is 135 Å². The number of hydrogen-bond acceptors (Lipinski definition) is 9. The Balaban J connectivity index is 1.46. The van der Waals surface area contributed by atoms with E-state index in [0.29, 0.717) is 31.1 Å². The van der Waals surface area contributed by atoms with Gasteiger partial charge in [0.2, 0.25) is 6.79 Å². The van der Waals surface area contributed by atoms with Crippen LogP contribution in [0.5, 0.6) is 17.2 Å². The Kier molecular flexibility index (Phi) is 8.11. The minimum absolute atomic E-state index is 0.135. The van der Waals surface area contributed by atoms with E-state index >= 15 is 0 Å². The molecule has 0 saturated heterocycles. The summed E-state index contributed by atoms with van der Waals surface area (Å²) < 4.78 is 47.9. The van der Waals surface area contributed by atoms with Gasteiger partial charge in [0.15, 0.2) is 22.3 Å². The van der Waals surface area contributed by atoms with Crippen molar-refractivity contribution in [2.75, 3.05) is 38.3 Å². The third kappa shape index (κ3) is 6.11. The van der Waals surface area contributed by atoms with E-state index in [0.717, 1.165) is 5.56 Å². The number of fused-ring (bicyclic) bond motifs is 2. The van der Waals surface area contributed by atoms with Crippen LogP contribution in [0.3, 0.4) is 0 Å². The van der Waals surface area contributed by atoms with Gasteiger partial charge in [-0.15, -0.1) is 0 Å². The number of anilines is 1. The second kappa shape index (κ2) is 11.6. The quantitative estimate of drug-likeness (QED) is 0.388. The number of hydrogen-bond donors (Lipinski definition) is 2. The molecular formula is C28H35N5O7S. The maximum atomic E-state index is 13.7. The van der Waals surface area contributed by atoms with Crippen LogP contribution in [-0.4, -0.2) is 84.5 Å². The van der Waals surface area contributed by atoms with Gasteiger partial charge in [0.25, 0.3) is 15.9 Å². The molecule has 0 fully saturated rings. The zero-order chi connectivity index (χ0) is 29.3. The fraction of sp³-hybridized carbons (Fsp3) is 0.429. The van der Waals surface area contributed by atoms with Crippen LogP contribution >= 0.6 is 0 Å². The molecule has 3 heterocycles. The summed E-state index contributed by atoms with van der Waals surface area (Å²) in [6.45, 7) is 5.18.